The number of hydrogen-bond donors (Lipinski definition) is 1. The first kappa shape index (κ1) is 16.2. The molecule has 1 aliphatic rings. The van der Waals surface area contributed by atoms with E-state index in [0.717, 1.165) is 11.3 Å². The highest BCUT2D eigenvalue weighted by Gasteiger charge is 2.32. The first-order chi connectivity index (χ1) is 11.5. The van der Waals surface area contributed by atoms with Crippen molar-refractivity contribution in [2.75, 3.05) is 13.1 Å². The van der Waals surface area contributed by atoms with E-state index in [9.17, 15) is 9.59 Å². The highest BCUT2D eigenvalue weighted by molar-refractivity contribution is 5.80. The lowest BCUT2D eigenvalue weighted by Gasteiger charge is -2.34. The van der Waals surface area contributed by atoms with E-state index in [1.807, 2.05) is 36.5 Å². The summed E-state index contributed by atoms with van der Waals surface area (Å²) in [6, 6.07) is 9.63. The standard InChI is InChI=1S/C17H19N3O4/c1-12-9-19(11-15(24-12)17(22)23)16(21)7-13-8-18-20(10-13)14-5-3-2-4-6-14/h2-6,8,10,12,15H,7,9,11H2,1H3,(H,22,23)/t12-,15?/m1/s1. The number of aromatic nitrogens is 2. The van der Waals surface area contributed by atoms with Gasteiger partial charge in [0.25, 0.3) is 0 Å². The predicted molar refractivity (Wildman–Crippen MR) is 85.8 cm³/mol. The van der Waals surface area contributed by atoms with Crippen LogP contribution in [0.4, 0.5) is 0 Å². The first-order valence-corrected chi connectivity index (χ1v) is 7.78. The number of rotatable bonds is 4. The zero-order valence-electron chi connectivity index (χ0n) is 13.3. The monoisotopic (exact) mass is 329 g/mol. The van der Waals surface area contributed by atoms with E-state index in [1.54, 1.807) is 22.7 Å². The van der Waals surface area contributed by atoms with Gasteiger partial charge in [-0.15, -0.1) is 0 Å². The van der Waals surface area contributed by atoms with Crippen LogP contribution in [0.3, 0.4) is 0 Å². The molecule has 126 valence electrons. The van der Waals surface area contributed by atoms with Crippen molar-refractivity contribution in [2.45, 2.75) is 25.6 Å². The molecule has 1 amide bonds. The summed E-state index contributed by atoms with van der Waals surface area (Å²) in [5.41, 5.74) is 1.71. The SMILES string of the molecule is C[C@@H]1CN(C(=O)Cc2cnn(-c3ccccc3)c2)CC(C(=O)O)O1. The molecule has 1 aromatic heterocycles. The van der Waals surface area contributed by atoms with Crippen molar-refractivity contribution in [2.24, 2.45) is 0 Å². The summed E-state index contributed by atoms with van der Waals surface area (Å²) < 4.78 is 7.04. The molecule has 0 bridgehead atoms. The minimum absolute atomic E-state index is 0.0747. The Kier molecular flexibility index (Phi) is 4.61. The molecule has 0 aliphatic carbocycles. The molecule has 1 unspecified atom stereocenters. The molecule has 7 heteroatoms. The predicted octanol–water partition coefficient (Wildman–Crippen LogP) is 1.12. The van der Waals surface area contributed by atoms with Crippen LogP contribution in [-0.2, 0) is 20.7 Å². The number of para-hydroxylation sites is 1. The number of aliphatic carboxylic acids is 1. The van der Waals surface area contributed by atoms with Crippen LogP contribution in [0.25, 0.3) is 5.69 Å². The van der Waals surface area contributed by atoms with Crippen LogP contribution in [0.1, 0.15) is 12.5 Å². The summed E-state index contributed by atoms with van der Waals surface area (Å²) in [7, 11) is 0. The molecule has 1 aliphatic heterocycles. The van der Waals surface area contributed by atoms with Crippen LogP contribution in [0.15, 0.2) is 42.7 Å². The molecule has 0 saturated carbocycles. The molecule has 3 rings (SSSR count). The summed E-state index contributed by atoms with van der Waals surface area (Å²) in [6.07, 6.45) is 2.39. The van der Waals surface area contributed by atoms with Crippen molar-refractivity contribution >= 4 is 11.9 Å². The van der Waals surface area contributed by atoms with Crippen LogP contribution in [0, 0.1) is 0 Å². The van der Waals surface area contributed by atoms with Gasteiger partial charge in [0, 0.05) is 12.7 Å². The number of nitrogens with zero attached hydrogens (tertiary/aromatic N) is 3. The second-order valence-electron chi connectivity index (χ2n) is 5.88. The minimum atomic E-state index is -1.05. The third-order valence-corrected chi connectivity index (χ3v) is 3.90. The number of morpholine rings is 1. The van der Waals surface area contributed by atoms with Crippen LogP contribution >= 0.6 is 0 Å². The molecule has 7 nitrogen and oxygen atoms in total. The fourth-order valence-corrected chi connectivity index (χ4v) is 2.75. The van der Waals surface area contributed by atoms with Gasteiger partial charge in [-0.05, 0) is 24.6 Å². The van der Waals surface area contributed by atoms with E-state index in [1.165, 1.54) is 0 Å². The number of ether oxygens (including phenoxy) is 1. The second-order valence-corrected chi connectivity index (χ2v) is 5.88. The maximum Gasteiger partial charge on any atom is 0.334 e. The van der Waals surface area contributed by atoms with Crippen molar-refractivity contribution in [3.05, 3.63) is 48.3 Å². The average molecular weight is 329 g/mol. The zero-order chi connectivity index (χ0) is 17.1. The van der Waals surface area contributed by atoms with E-state index in [-0.39, 0.29) is 25.0 Å². The number of carbonyl (C=O) groups excluding carboxylic acids is 1. The summed E-state index contributed by atoms with van der Waals surface area (Å²) in [5, 5.41) is 13.4. The number of carboxylic acids is 1. The van der Waals surface area contributed by atoms with Gasteiger partial charge in [0.05, 0.1) is 31.0 Å². The fourth-order valence-electron chi connectivity index (χ4n) is 2.75. The summed E-state index contributed by atoms with van der Waals surface area (Å²) >= 11 is 0. The van der Waals surface area contributed by atoms with E-state index in [0.29, 0.717) is 6.54 Å². The Morgan fingerprint density at radius 1 is 1.29 bits per heavy atom. The lowest BCUT2D eigenvalue weighted by molar-refractivity contribution is -0.166. The molecular weight excluding hydrogens is 310 g/mol. The topological polar surface area (TPSA) is 84.7 Å². The zero-order valence-corrected chi connectivity index (χ0v) is 13.3. The number of hydrogen-bond acceptors (Lipinski definition) is 4. The molecule has 1 N–H and O–H groups in total. The van der Waals surface area contributed by atoms with Gasteiger partial charge in [-0.2, -0.15) is 5.10 Å². The maximum atomic E-state index is 12.5. The van der Waals surface area contributed by atoms with Gasteiger partial charge < -0.3 is 14.7 Å². The molecule has 0 radical (unpaired) electrons. The highest BCUT2D eigenvalue weighted by atomic mass is 16.5. The lowest BCUT2D eigenvalue weighted by atomic mass is 10.1. The Morgan fingerprint density at radius 2 is 2.04 bits per heavy atom. The molecule has 2 aromatic rings. The third kappa shape index (κ3) is 3.62. The van der Waals surface area contributed by atoms with Gasteiger partial charge in [-0.3, -0.25) is 4.79 Å². The molecule has 1 aromatic carbocycles. The minimum Gasteiger partial charge on any atom is -0.479 e. The van der Waals surface area contributed by atoms with Crippen LogP contribution in [0.2, 0.25) is 0 Å². The Hall–Kier alpha value is -2.67. The lowest BCUT2D eigenvalue weighted by Crippen LogP contribution is -2.52. The molecular formula is C17H19N3O4. The highest BCUT2D eigenvalue weighted by Crippen LogP contribution is 2.14. The normalized spacial score (nSPS) is 20.8. The molecule has 1 saturated heterocycles. The molecule has 0 spiro atoms. The van der Waals surface area contributed by atoms with Gasteiger partial charge in [0.2, 0.25) is 5.91 Å². The van der Waals surface area contributed by atoms with Crippen molar-refractivity contribution in [1.29, 1.82) is 0 Å². The Bertz CT molecular complexity index is 728. The van der Waals surface area contributed by atoms with E-state index in [4.69, 9.17) is 9.84 Å². The van der Waals surface area contributed by atoms with Gasteiger partial charge >= 0.3 is 5.97 Å². The largest absolute Gasteiger partial charge is 0.479 e. The Labute approximate surface area is 139 Å². The van der Waals surface area contributed by atoms with Crippen LogP contribution < -0.4 is 0 Å². The molecule has 24 heavy (non-hydrogen) atoms. The Morgan fingerprint density at radius 3 is 2.75 bits per heavy atom. The van der Waals surface area contributed by atoms with Crippen molar-refractivity contribution in [3.8, 4) is 5.69 Å². The van der Waals surface area contributed by atoms with Gasteiger partial charge in [-0.25, -0.2) is 9.48 Å². The number of carboxylic acid groups (broad SMARTS) is 1. The first-order valence-electron chi connectivity index (χ1n) is 7.78. The maximum absolute atomic E-state index is 12.5. The van der Waals surface area contributed by atoms with Crippen molar-refractivity contribution in [3.63, 3.8) is 0 Å². The fraction of sp³-hybridized carbons (Fsp3) is 0.353. The number of carbonyl (C=O) groups is 2. The van der Waals surface area contributed by atoms with Gasteiger partial charge in [0.15, 0.2) is 6.10 Å². The van der Waals surface area contributed by atoms with Crippen molar-refractivity contribution in [1.82, 2.24) is 14.7 Å². The quantitative estimate of drug-likeness (QED) is 0.908. The summed E-state index contributed by atoms with van der Waals surface area (Å²) in [5.74, 6) is -1.17. The smallest absolute Gasteiger partial charge is 0.334 e. The molecule has 2 heterocycles. The summed E-state index contributed by atoms with van der Waals surface area (Å²) in [6.45, 7) is 2.24. The van der Waals surface area contributed by atoms with Crippen LogP contribution in [-0.4, -0.2) is 57.0 Å². The average Bonchev–Trinajstić information content (AvgIpc) is 3.03. The summed E-state index contributed by atoms with van der Waals surface area (Å²) in [4.78, 5) is 25.1. The Balaban J connectivity index is 1.67. The third-order valence-electron chi connectivity index (χ3n) is 3.90. The number of benzene rings is 1. The molecule has 2 atom stereocenters. The van der Waals surface area contributed by atoms with Gasteiger partial charge in [0.1, 0.15) is 0 Å². The van der Waals surface area contributed by atoms with Crippen LogP contribution in [0.5, 0.6) is 0 Å². The number of amides is 1. The van der Waals surface area contributed by atoms with E-state index < -0.39 is 12.1 Å². The molecule has 1 fully saturated rings. The van der Waals surface area contributed by atoms with Crippen molar-refractivity contribution < 1.29 is 19.4 Å². The second kappa shape index (κ2) is 6.84. The van der Waals surface area contributed by atoms with E-state index in [2.05, 4.69) is 5.10 Å². The van der Waals surface area contributed by atoms with E-state index >= 15 is 0 Å². The van der Waals surface area contributed by atoms with Gasteiger partial charge in [-0.1, -0.05) is 18.2 Å².